The Hall–Kier alpha value is -0.560. The molecule has 0 N–H and O–H groups in total. The normalized spacial score (nSPS) is 3.00. The highest BCUT2D eigenvalue weighted by Gasteiger charge is 1.39. The van der Waals surface area contributed by atoms with Crippen LogP contribution in [0, 0.1) is 0 Å². The van der Waals surface area contributed by atoms with Gasteiger partial charge in [-0.15, -0.1) is 0 Å². The van der Waals surface area contributed by atoms with Gasteiger partial charge >= 0.3 is 10.4 Å². The van der Waals surface area contributed by atoms with Crippen molar-refractivity contribution in [2.24, 2.45) is 0 Å². The molecule has 3 nitrogen and oxygen atoms in total. The van der Waals surface area contributed by atoms with Gasteiger partial charge in [-0.25, -0.2) is 0 Å². The van der Waals surface area contributed by atoms with Crippen LogP contribution in [0.25, 0.3) is 10.4 Å². The van der Waals surface area contributed by atoms with E-state index in [1.165, 1.54) is 0 Å². The van der Waals surface area contributed by atoms with Gasteiger partial charge in [0.05, 0.1) is 4.16 Å². The summed E-state index contributed by atoms with van der Waals surface area (Å²) in [6.07, 6.45) is 0. The van der Waals surface area contributed by atoms with Crippen LogP contribution in [-0.2, 0) is 12.4 Å². The van der Waals surface area contributed by atoms with Crippen molar-refractivity contribution < 1.29 is 0 Å². The van der Waals surface area contributed by atoms with Crippen molar-refractivity contribution in [3.63, 3.8) is 0 Å². The maximum Gasteiger partial charge on any atom is 0.373 e. The molecule has 0 rings (SSSR count). The lowest BCUT2D eigenvalue weighted by Crippen LogP contribution is -1.27. The summed E-state index contributed by atoms with van der Waals surface area (Å²) in [5.41, 5.74) is 7.23. The van der Waals surface area contributed by atoms with Crippen LogP contribution >= 0.6 is 0 Å². The summed E-state index contributed by atoms with van der Waals surface area (Å²) in [6.45, 7) is 0. The predicted octanol–water partition coefficient (Wildman–Crippen LogP) is 0.0944. The fraction of sp³-hybridized carbons (Fsp3) is 0. The third-order valence-electron chi connectivity index (χ3n) is 0.0365. The van der Waals surface area contributed by atoms with Crippen LogP contribution in [0.5, 0.6) is 0 Å². The van der Waals surface area contributed by atoms with E-state index in [0.29, 0.717) is 0 Å². The summed E-state index contributed by atoms with van der Waals surface area (Å²) in [4.78, 5) is 2.18. The largest absolute Gasteiger partial charge is 0.373 e. The topological polar surface area (TPSA) is 50.5 Å². The third-order valence-corrected chi connectivity index (χ3v) is 0.110. The van der Waals surface area contributed by atoms with Gasteiger partial charge < -0.3 is 0 Å². The molecule has 0 aliphatic carbocycles. The van der Waals surface area contributed by atoms with E-state index in [1.807, 2.05) is 0 Å². The van der Waals surface area contributed by atoms with Crippen LogP contribution in [0.3, 0.4) is 0 Å². The quantitative estimate of drug-likeness (QED) is 0.228. The average molecular weight is 74.1 g/mol. The van der Waals surface area contributed by atoms with Crippen molar-refractivity contribution in [2.45, 2.75) is 0 Å². The van der Waals surface area contributed by atoms with Gasteiger partial charge in [-0.05, 0) is 0 Å². The monoisotopic (exact) mass is 74.0 g/mol. The number of hydrogen-bond acceptors (Lipinski definition) is 1. The summed E-state index contributed by atoms with van der Waals surface area (Å²) in [5, 5.41) is 0. The van der Waals surface area contributed by atoms with E-state index in [-0.39, 0.29) is 0 Å². The summed E-state index contributed by atoms with van der Waals surface area (Å²) >= 11 is 3.76. The van der Waals surface area contributed by atoms with E-state index in [0.717, 1.165) is 0 Å². The highest BCUT2D eigenvalue weighted by molar-refractivity contribution is 7.46. The third kappa shape index (κ3) is 1.44. The molecule has 0 bridgehead atoms. The molecule has 0 aromatic carbocycles. The molecule has 4 heavy (non-hydrogen) atoms. The van der Waals surface area contributed by atoms with Gasteiger partial charge in [0.15, 0.2) is 0 Å². The SMILES string of the molecule is [N-]=[N+]=[N+]=S. The van der Waals surface area contributed by atoms with E-state index < -0.39 is 0 Å². The van der Waals surface area contributed by atoms with E-state index in [1.54, 1.807) is 0 Å². The molecule has 4 heteroatoms. The lowest BCUT2D eigenvalue weighted by atomic mass is 13.0. The van der Waals surface area contributed by atoms with Crippen molar-refractivity contribution in [1.29, 1.82) is 0 Å². The Morgan fingerprint density at radius 1 is 1.75 bits per heavy atom. The van der Waals surface area contributed by atoms with Crippen molar-refractivity contribution in [3.05, 3.63) is 10.4 Å². The minimum absolute atomic E-state index is 2.18. The first kappa shape index (κ1) is 3.44. The molecular formula is N3S+. The molecule has 0 saturated heterocycles. The molecule has 0 aromatic heterocycles. The zero-order valence-electron chi connectivity index (χ0n) is 1.75. The Morgan fingerprint density at radius 3 is 2.00 bits per heavy atom. The van der Waals surface area contributed by atoms with Crippen LogP contribution in [0.4, 0.5) is 0 Å². The summed E-state index contributed by atoms with van der Waals surface area (Å²) in [6, 6.07) is 0. The molecule has 0 aliphatic heterocycles. The van der Waals surface area contributed by atoms with E-state index in [9.17, 15) is 0 Å². The Labute approximate surface area is 28.0 Å². The lowest BCUT2D eigenvalue weighted by Gasteiger charge is -0.928. The van der Waals surface area contributed by atoms with Gasteiger partial charge in [0.25, 0.3) is 0 Å². The number of rotatable bonds is 0. The van der Waals surface area contributed by atoms with E-state index in [2.05, 4.69) is 21.5 Å². The highest BCUT2D eigenvalue weighted by atomic mass is 32.1. The molecule has 0 unspecified atom stereocenters. The van der Waals surface area contributed by atoms with Crippen LogP contribution < -0.4 is 4.16 Å². The predicted molar refractivity (Wildman–Crippen MR) is 16.2 cm³/mol. The average Bonchev–Trinajstić information content (AvgIpc) is 1.37. The van der Waals surface area contributed by atoms with Gasteiger partial charge in [0.2, 0.25) is 12.4 Å². The van der Waals surface area contributed by atoms with Crippen molar-refractivity contribution in [1.82, 2.24) is 4.16 Å². The summed E-state index contributed by atoms with van der Waals surface area (Å²) in [7, 11) is 0. The van der Waals surface area contributed by atoms with E-state index in [4.69, 9.17) is 5.53 Å². The Morgan fingerprint density at radius 2 is 2.00 bits per heavy atom. The van der Waals surface area contributed by atoms with Crippen molar-refractivity contribution in [2.75, 3.05) is 0 Å². The molecule has 20 valence electrons. The molecule has 0 saturated carbocycles. The minimum atomic E-state index is 2.18. The Balaban J connectivity index is 3.95. The van der Waals surface area contributed by atoms with Gasteiger partial charge in [-0.1, -0.05) is 0 Å². The van der Waals surface area contributed by atoms with E-state index >= 15 is 0 Å². The van der Waals surface area contributed by atoms with Crippen LogP contribution in [0.15, 0.2) is 0 Å². The maximum absolute atomic E-state index is 7.23. The molecule has 0 fully saturated rings. The fourth-order valence-electron chi connectivity index (χ4n) is 0. The minimum Gasteiger partial charge on any atom is 0.0729 e. The van der Waals surface area contributed by atoms with Gasteiger partial charge in [0, 0.05) is 0 Å². The molecule has 0 aromatic rings. The zero-order chi connectivity index (χ0) is 3.41. The molecule has 0 radical (unpaired) electrons. The number of hydrogen-bond donors (Lipinski definition) is 0. The van der Waals surface area contributed by atoms with Gasteiger partial charge in [0.1, 0.15) is 0 Å². The maximum atomic E-state index is 7.23. The highest BCUT2D eigenvalue weighted by Crippen LogP contribution is 1.22. The van der Waals surface area contributed by atoms with Crippen molar-refractivity contribution >= 4 is 12.4 Å². The lowest BCUT2D eigenvalue weighted by molar-refractivity contribution is 1.68. The Bertz CT molecular complexity index is 53.4. The fourth-order valence-corrected chi connectivity index (χ4v) is 0. The van der Waals surface area contributed by atoms with Crippen LogP contribution in [0.1, 0.15) is 0 Å². The van der Waals surface area contributed by atoms with Gasteiger partial charge in [-0.2, -0.15) is 0 Å². The second-order valence-electron chi connectivity index (χ2n) is 0.171. The second-order valence-corrected chi connectivity index (χ2v) is 0.334. The zero-order valence-corrected chi connectivity index (χ0v) is 2.57. The molecule has 0 heterocycles. The first-order valence-electron chi connectivity index (χ1n) is 0.583. The van der Waals surface area contributed by atoms with Crippen molar-refractivity contribution in [3.8, 4) is 0 Å². The second kappa shape index (κ2) is 2.44. The van der Waals surface area contributed by atoms with Crippen LogP contribution in [0.2, 0.25) is 0 Å². The molecule has 0 atom stereocenters. The molecular weight excluding hydrogens is 74.1 g/mol. The Kier molecular flexibility index (Phi) is 2.10. The number of nitrogens with zero attached hydrogens (tertiary/aromatic N) is 3. The summed E-state index contributed by atoms with van der Waals surface area (Å²) < 4.78 is 2.50. The molecule has 0 amide bonds. The molecule has 0 spiro atoms. The first-order valence-corrected chi connectivity index (χ1v) is 0.948. The first-order chi connectivity index (χ1) is 1.91. The van der Waals surface area contributed by atoms with Gasteiger partial charge in [-0.3, -0.25) is 0 Å². The van der Waals surface area contributed by atoms with Crippen LogP contribution in [-0.4, -0.2) is 0 Å². The standard InChI is InChI=1S/N3S/c1-2-3-4/q+1. The summed E-state index contributed by atoms with van der Waals surface area (Å²) in [5.74, 6) is 0. The smallest absolute Gasteiger partial charge is 0.0729 e. The molecule has 0 aliphatic rings.